The molecule has 0 aliphatic rings. The van der Waals surface area contributed by atoms with Gasteiger partial charge in [0, 0.05) is 5.56 Å². The summed E-state index contributed by atoms with van der Waals surface area (Å²) in [5.74, 6) is -0.200. The van der Waals surface area contributed by atoms with E-state index in [9.17, 15) is 9.59 Å². The van der Waals surface area contributed by atoms with E-state index < -0.39 is 11.9 Å². The third-order valence-corrected chi connectivity index (χ3v) is 5.89. The molecule has 0 spiro atoms. The van der Waals surface area contributed by atoms with E-state index in [4.69, 9.17) is 21.1 Å². The molecular weight excluding hydrogens is 436 g/mol. The van der Waals surface area contributed by atoms with Crippen LogP contribution in [0.2, 0.25) is 5.02 Å². The quantitative estimate of drug-likeness (QED) is 0.324. The van der Waals surface area contributed by atoms with Gasteiger partial charge < -0.3 is 14.0 Å². The number of rotatable bonds is 9. The van der Waals surface area contributed by atoms with Crippen molar-refractivity contribution in [1.29, 1.82) is 0 Å². The van der Waals surface area contributed by atoms with Crippen molar-refractivity contribution < 1.29 is 19.1 Å². The molecule has 0 bridgehead atoms. The van der Waals surface area contributed by atoms with Crippen LogP contribution in [0.4, 0.5) is 0 Å². The molecule has 1 amide bonds. The van der Waals surface area contributed by atoms with Crippen LogP contribution < -0.4 is 9.54 Å². The molecular formula is C23H25ClN2O4S. The summed E-state index contributed by atoms with van der Waals surface area (Å²) in [6.45, 7) is 4.68. The molecule has 0 atom stereocenters. The Balaban J connectivity index is 1.94. The van der Waals surface area contributed by atoms with Gasteiger partial charge in [-0.3, -0.25) is 9.59 Å². The molecule has 3 rings (SSSR count). The molecule has 6 nitrogen and oxygen atoms in total. The number of unbranched alkanes of at least 4 members (excludes halogenated alkanes) is 2. The second kappa shape index (κ2) is 11.1. The predicted octanol–water partition coefficient (Wildman–Crippen LogP) is 5.23. The van der Waals surface area contributed by atoms with Crippen molar-refractivity contribution in [2.24, 2.45) is 4.99 Å². The second-order valence-electron chi connectivity index (χ2n) is 6.86. The molecule has 0 saturated heterocycles. The molecule has 0 aliphatic heterocycles. The number of hydrogen-bond donors (Lipinski definition) is 0. The minimum atomic E-state index is -0.418. The SMILES string of the molecule is CCCCCOc1cccc(C(=O)N=c2sc3cccc(Cl)c3n2CC(=O)OCC)c1. The number of thiazole rings is 1. The van der Waals surface area contributed by atoms with Crippen LogP contribution in [-0.2, 0) is 16.1 Å². The van der Waals surface area contributed by atoms with Gasteiger partial charge >= 0.3 is 5.97 Å². The van der Waals surface area contributed by atoms with Crippen molar-refractivity contribution in [3.05, 3.63) is 57.9 Å². The van der Waals surface area contributed by atoms with Crippen LogP contribution in [0.3, 0.4) is 0 Å². The Bertz CT molecular complexity index is 1140. The van der Waals surface area contributed by atoms with Crippen molar-refractivity contribution in [3.63, 3.8) is 0 Å². The summed E-state index contributed by atoms with van der Waals surface area (Å²) in [7, 11) is 0. The van der Waals surface area contributed by atoms with Crippen molar-refractivity contribution in [1.82, 2.24) is 4.57 Å². The number of para-hydroxylation sites is 1. The van der Waals surface area contributed by atoms with Crippen molar-refractivity contribution in [2.45, 2.75) is 39.7 Å². The largest absolute Gasteiger partial charge is 0.494 e. The average Bonchev–Trinajstić information content (AvgIpc) is 3.09. The van der Waals surface area contributed by atoms with Gasteiger partial charge in [-0.1, -0.05) is 54.8 Å². The lowest BCUT2D eigenvalue weighted by Crippen LogP contribution is -2.23. The van der Waals surface area contributed by atoms with E-state index in [1.54, 1.807) is 35.8 Å². The molecule has 0 fully saturated rings. The number of benzene rings is 2. The summed E-state index contributed by atoms with van der Waals surface area (Å²) in [5.41, 5.74) is 1.07. The van der Waals surface area contributed by atoms with Gasteiger partial charge in [0.1, 0.15) is 12.3 Å². The normalized spacial score (nSPS) is 11.6. The lowest BCUT2D eigenvalue weighted by molar-refractivity contribution is -0.143. The van der Waals surface area contributed by atoms with E-state index in [0.717, 1.165) is 24.0 Å². The average molecular weight is 461 g/mol. The number of esters is 1. The summed E-state index contributed by atoms with van der Waals surface area (Å²) in [6.07, 6.45) is 3.18. The minimum absolute atomic E-state index is 0.0791. The van der Waals surface area contributed by atoms with Crippen LogP contribution in [0, 0.1) is 0 Å². The van der Waals surface area contributed by atoms with Crippen LogP contribution in [-0.4, -0.2) is 29.7 Å². The molecule has 1 heterocycles. The third kappa shape index (κ3) is 5.95. The Labute approximate surface area is 190 Å². The van der Waals surface area contributed by atoms with E-state index in [0.29, 0.717) is 33.3 Å². The number of carbonyl (C=O) groups excluding carboxylic acids is 2. The topological polar surface area (TPSA) is 69.9 Å². The van der Waals surface area contributed by atoms with Crippen molar-refractivity contribution in [2.75, 3.05) is 13.2 Å². The van der Waals surface area contributed by atoms with Gasteiger partial charge in [0.15, 0.2) is 4.80 Å². The number of carbonyl (C=O) groups is 2. The minimum Gasteiger partial charge on any atom is -0.494 e. The van der Waals surface area contributed by atoms with Crippen LogP contribution in [0.5, 0.6) is 5.75 Å². The third-order valence-electron chi connectivity index (χ3n) is 4.54. The molecule has 1 aromatic heterocycles. The van der Waals surface area contributed by atoms with E-state index in [1.165, 1.54) is 11.3 Å². The monoisotopic (exact) mass is 460 g/mol. The Hall–Kier alpha value is -2.64. The highest BCUT2D eigenvalue weighted by Crippen LogP contribution is 2.25. The summed E-state index contributed by atoms with van der Waals surface area (Å²) in [5, 5.41) is 0.481. The second-order valence-corrected chi connectivity index (χ2v) is 8.28. The fourth-order valence-electron chi connectivity index (χ4n) is 3.07. The molecule has 0 radical (unpaired) electrons. The molecule has 3 aromatic rings. The number of nitrogens with zero attached hydrogens (tertiary/aromatic N) is 2. The van der Waals surface area contributed by atoms with Crippen molar-refractivity contribution in [3.8, 4) is 5.75 Å². The smallest absolute Gasteiger partial charge is 0.326 e. The zero-order chi connectivity index (χ0) is 22.2. The van der Waals surface area contributed by atoms with Crippen molar-refractivity contribution >= 4 is 45.0 Å². The van der Waals surface area contributed by atoms with Gasteiger partial charge in [-0.2, -0.15) is 4.99 Å². The first kappa shape index (κ1) is 23.0. The van der Waals surface area contributed by atoms with Gasteiger partial charge in [0.05, 0.1) is 28.5 Å². The molecule has 0 saturated carbocycles. The lowest BCUT2D eigenvalue weighted by Gasteiger charge is -2.07. The summed E-state index contributed by atoms with van der Waals surface area (Å²) in [6, 6.07) is 12.4. The highest BCUT2D eigenvalue weighted by Gasteiger charge is 2.15. The standard InChI is InChI=1S/C23H25ClN2O4S/c1-3-5-6-13-30-17-10-7-9-16(14-17)22(28)25-23-26(15-20(27)29-4-2)21-18(24)11-8-12-19(21)31-23/h7-12,14H,3-6,13,15H2,1-2H3. The van der Waals surface area contributed by atoms with Crippen LogP contribution >= 0.6 is 22.9 Å². The van der Waals surface area contributed by atoms with E-state index in [-0.39, 0.29) is 13.2 Å². The molecule has 0 unspecified atom stereocenters. The number of aromatic nitrogens is 1. The van der Waals surface area contributed by atoms with Crippen LogP contribution in [0.25, 0.3) is 10.2 Å². The van der Waals surface area contributed by atoms with Gasteiger partial charge in [-0.05, 0) is 43.7 Å². The maximum Gasteiger partial charge on any atom is 0.326 e. The highest BCUT2D eigenvalue weighted by molar-refractivity contribution is 7.16. The Morgan fingerprint density at radius 3 is 2.71 bits per heavy atom. The number of halogens is 1. The Morgan fingerprint density at radius 1 is 1.13 bits per heavy atom. The van der Waals surface area contributed by atoms with Gasteiger partial charge in [0.2, 0.25) is 0 Å². The number of hydrogen-bond acceptors (Lipinski definition) is 5. The fraction of sp³-hybridized carbons (Fsp3) is 0.348. The van der Waals surface area contributed by atoms with Gasteiger partial charge in [-0.15, -0.1) is 0 Å². The maximum atomic E-state index is 12.9. The lowest BCUT2D eigenvalue weighted by atomic mass is 10.2. The first-order valence-electron chi connectivity index (χ1n) is 10.3. The zero-order valence-electron chi connectivity index (χ0n) is 17.6. The predicted molar refractivity (Wildman–Crippen MR) is 123 cm³/mol. The first-order chi connectivity index (χ1) is 15.0. The molecule has 2 aromatic carbocycles. The fourth-order valence-corrected chi connectivity index (χ4v) is 4.45. The van der Waals surface area contributed by atoms with E-state index >= 15 is 0 Å². The van der Waals surface area contributed by atoms with E-state index in [2.05, 4.69) is 11.9 Å². The van der Waals surface area contributed by atoms with Crippen LogP contribution in [0.15, 0.2) is 47.5 Å². The van der Waals surface area contributed by atoms with E-state index in [1.807, 2.05) is 18.2 Å². The Kier molecular flexibility index (Phi) is 8.26. The zero-order valence-corrected chi connectivity index (χ0v) is 19.2. The number of amides is 1. The number of ether oxygens (including phenoxy) is 2. The molecule has 0 aliphatic carbocycles. The molecule has 0 N–H and O–H groups in total. The Morgan fingerprint density at radius 2 is 1.94 bits per heavy atom. The maximum absolute atomic E-state index is 12.9. The molecule has 8 heteroatoms. The van der Waals surface area contributed by atoms with Gasteiger partial charge in [-0.25, -0.2) is 0 Å². The summed E-state index contributed by atoms with van der Waals surface area (Å²) >= 11 is 7.67. The number of fused-ring (bicyclic) bond motifs is 1. The first-order valence-corrected chi connectivity index (χ1v) is 11.5. The highest BCUT2D eigenvalue weighted by atomic mass is 35.5. The van der Waals surface area contributed by atoms with Crippen LogP contribution in [0.1, 0.15) is 43.5 Å². The molecule has 164 valence electrons. The molecule has 31 heavy (non-hydrogen) atoms. The summed E-state index contributed by atoms with van der Waals surface area (Å²) in [4.78, 5) is 29.7. The summed E-state index contributed by atoms with van der Waals surface area (Å²) < 4.78 is 13.3. The van der Waals surface area contributed by atoms with Gasteiger partial charge in [0.25, 0.3) is 5.91 Å².